The molecule has 0 aliphatic carbocycles. The zero-order valence-corrected chi connectivity index (χ0v) is 9.27. The van der Waals surface area contributed by atoms with Crippen LogP contribution in [0.1, 0.15) is 31.0 Å². The maximum absolute atomic E-state index is 9.68. The van der Waals surface area contributed by atoms with E-state index in [1.54, 1.807) is 13.8 Å². The monoisotopic (exact) mass is 209 g/mol. The third-order valence-corrected chi connectivity index (χ3v) is 2.21. The van der Waals surface area contributed by atoms with Gasteiger partial charge < -0.3 is 15.9 Å². The molecule has 84 valence electrons. The Morgan fingerprint density at radius 2 is 2.07 bits per heavy atom. The molecule has 0 saturated heterocycles. The van der Waals surface area contributed by atoms with E-state index in [9.17, 15) is 5.11 Å². The molecule has 0 bridgehead atoms. The Morgan fingerprint density at radius 1 is 1.40 bits per heavy atom. The van der Waals surface area contributed by atoms with Gasteiger partial charge in [-0.3, -0.25) is 0 Å². The number of nitrogens with two attached hydrogens (primary N) is 1. The van der Waals surface area contributed by atoms with E-state index < -0.39 is 5.60 Å². The first-order chi connectivity index (χ1) is 6.92. The summed E-state index contributed by atoms with van der Waals surface area (Å²) in [4.78, 5) is 0. The lowest BCUT2D eigenvalue weighted by molar-refractivity contribution is 0.0810. The third-order valence-electron chi connectivity index (χ3n) is 2.21. The predicted octanol–water partition coefficient (Wildman–Crippen LogP) is 0.992. The van der Waals surface area contributed by atoms with E-state index in [2.05, 4.69) is 0 Å². The number of aliphatic hydroxyl groups is 2. The first-order valence-corrected chi connectivity index (χ1v) is 5.10. The minimum absolute atomic E-state index is 0.0635. The van der Waals surface area contributed by atoms with Gasteiger partial charge in [0.05, 0.1) is 18.2 Å². The second kappa shape index (κ2) is 4.75. The highest BCUT2D eigenvalue weighted by molar-refractivity contribution is 5.26. The van der Waals surface area contributed by atoms with Gasteiger partial charge in [-0.1, -0.05) is 24.3 Å². The molecule has 1 aromatic carbocycles. The summed E-state index contributed by atoms with van der Waals surface area (Å²) in [7, 11) is 0. The summed E-state index contributed by atoms with van der Waals surface area (Å²) in [6, 6.07) is 7.32. The smallest absolute Gasteiger partial charge is 0.0631 e. The van der Waals surface area contributed by atoms with Crippen LogP contribution in [-0.2, 0) is 6.42 Å². The summed E-state index contributed by atoms with van der Waals surface area (Å²) in [5, 5.41) is 18.6. The Bertz CT molecular complexity index is 318. The molecule has 1 rings (SSSR count). The average Bonchev–Trinajstić information content (AvgIpc) is 2.14. The lowest BCUT2D eigenvalue weighted by Crippen LogP contribution is -2.22. The van der Waals surface area contributed by atoms with Crippen molar-refractivity contribution in [1.29, 1.82) is 0 Å². The summed E-state index contributed by atoms with van der Waals surface area (Å²) in [5.41, 5.74) is 6.93. The van der Waals surface area contributed by atoms with Crippen LogP contribution in [0.15, 0.2) is 24.3 Å². The highest BCUT2D eigenvalue weighted by atomic mass is 16.3. The molecule has 0 aliphatic heterocycles. The Labute approximate surface area is 90.5 Å². The maximum atomic E-state index is 9.68. The van der Waals surface area contributed by atoms with Gasteiger partial charge in [0.2, 0.25) is 0 Å². The van der Waals surface area contributed by atoms with Crippen molar-refractivity contribution in [2.45, 2.75) is 31.9 Å². The van der Waals surface area contributed by atoms with E-state index >= 15 is 0 Å². The van der Waals surface area contributed by atoms with Crippen LogP contribution >= 0.6 is 0 Å². The molecule has 1 atom stereocenters. The zero-order chi connectivity index (χ0) is 11.5. The van der Waals surface area contributed by atoms with Gasteiger partial charge in [0.1, 0.15) is 0 Å². The van der Waals surface area contributed by atoms with E-state index in [1.807, 2.05) is 24.3 Å². The highest BCUT2D eigenvalue weighted by Crippen LogP contribution is 2.16. The van der Waals surface area contributed by atoms with Gasteiger partial charge in [-0.25, -0.2) is 0 Å². The van der Waals surface area contributed by atoms with Crippen LogP contribution in [0.5, 0.6) is 0 Å². The van der Waals surface area contributed by atoms with Crippen LogP contribution in [0.25, 0.3) is 0 Å². The molecule has 0 fully saturated rings. The van der Waals surface area contributed by atoms with Crippen molar-refractivity contribution in [3.63, 3.8) is 0 Å². The molecule has 1 unspecified atom stereocenters. The standard InChI is InChI=1S/C12H19NO2/c1-12(2,15)7-9-4-3-5-10(6-9)11(13)8-14/h3-6,11,14-15H,7-8,13H2,1-2H3. The molecule has 0 saturated carbocycles. The van der Waals surface area contributed by atoms with Gasteiger partial charge in [0.15, 0.2) is 0 Å². The third kappa shape index (κ3) is 4.00. The zero-order valence-electron chi connectivity index (χ0n) is 9.27. The first kappa shape index (κ1) is 12.2. The summed E-state index contributed by atoms with van der Waals surface area (Å²) < 4.78 is 0. The number of hydrogen-bond donors (Lipinski definition) is 3. The minimum Gasteiger partial charge on any atom is -0.394 e. The topological polar surface area (TPSA) is 66.5 Å². The van der Waals surface area contributed by atoms with Crippen molar-refractivity contribution in [1.82, 2.24) is 0 Å². The quantitative estimate of drug-likeness (QED) is 0.693. The molecule has 0 amide bonds. The van der Waals surface area contributed by atoms with Crippen LogP contribution in [0.4, 0.5) is 0 Å². The number of rotatable bonds is 4. The molecule has 0 aliphatic rings. The van der Waals surface area contributed by atoms with Gasteiger partial charge >= 0.3 is 0 Å². The molecule has 3 heteroatoms. The Balaban J connectivity index is 2.83. The van der Waals surface area contributed by atoms with E-state index in [1.165, 1.54) is 0 Å². The van der Waals surface area contributed by atoms with Gasteiger partial charge in [-0.2, -0.15) is 0 Å². The molecule has 1 aromatic rings. The summed E-state index contributed by atoms with van der Waals surface area (Å²) >= 11 is 0. The van der Waals surface area contributed by atoms with Crippen LogP contribution in [-0.4, -0.2) is 22.4 Å². The number of benzene rings is 1. The fourth-order valence-electron chi connectivity index (χ4n) is 1.54. The minimum atomic E-state index is -0.720. The largest absolute Gasteiger partial charge is 0.394 e. The molecular formula is C12H19NO2. The normalized spacial score (nSPS) is 13.9. The molecule has 0 radical (unpaired) electrons. The molecular weight excluding hydrogens is 190 g/mol. The van der Waals surface area contributed by atoms with Crippen LogP contribution in [0.2, 0.25) is 0 Å². The maximum Gasteiger partial charge on any atom is 0.0631 e. The van der Waals surface area contributed by atoms with Crippen LogP contribution < -0.4 is 5.73 Å². The van der Waals surface area contributed by atoms with Crippen molar-refractivity contribution in [2.24, 2.45) is 5.73 Å². The Hall–Kier alpha value is -0.900. The molecule has 4 N–H and O–H groups in total. The van der Waals surface area contributed by atoms with Crippen molar-refractivity contribution < 1.29 is 10.2 Å². The second-order valence-corrected chi connectivity index (χ2v) is 4.52. The fourth-order valence-corrected chi connectivity index (χ4v) is 1.54. The van der Waals surface area contributed by atoms with E-state index in [0.29, 0.717) is 6.42 Å². The van der Waals surface area contributed by atoms with Gasteiger partial charge in [-0.15, -0.1) is 0 Å². The van der Waals surface area contributed by atoms with Gasteiger partial charge in [-0.05, 0) is 25.0 Å². The molecule has 3 nitrogen and oxygen atoms in total. The Morgan fingerprint density at radius 3 is 2.60 bits per heavy atom. The van der Waals surface area contributed by atoms with Gasteiger partial charge in [0.25, 0.3) is 0 Å². The van der Waals surface area contributed by atoms with E-state index in [4.69, 9.17) is 10.8 Å². The Kier molecular flexibility index (Phi) is 3.85. The lowest BCUT2D eigenvalue weighted by Gasteiger charge is -2.18. The van der Waals surface area contributed by atoms with Crippen molar-refractivity contribution >= 4 is 0 Å². The lowest BCUT2D eigenvalue weighted by atomic mass is 9.96. The van der Waals surface area contributed by atoms with Crippen molar-refractivity contribution in [3.05, 3.63) is 35.4 Å². The summed E-state index contributed by atoms with van der Waals surface area (Å²) in [6.07, 6.45) is 0.582. The van der Waals surface area contributed by atoms with Gasteiger partial charge in [0, 0.05) is 6.42 Å². The van der Waals surface area contributed by atoms with Crippen molar-refractivity contribution in [2.75, 3.05) is 6.61 Å². The summed E-state index contributed by atoms with van der Waals surface area (Å²) in [6.45, 7) is 3.48. The number of hydrogen-bond acceptors (Lipinski definition) is 3. The second-order valence-electron chi connectivity index (χ2n) is 4.52. The van der Waals surface area contributed by atoms with Crippen LogP contribution in [0, 0.1) is 0 Å². The van der Waals surface area contributed by atoms with E-state index in [-0.39, 0.29) is 12.6 Å². The predicted molar refractivity (Wildman–Crippen MR) is 60.5 cm³/mol. The average molecular weight is 209 g/mol. The molecule has 0 spiro atoms. The molecule has 15 heavy (non-hydrogen) atoms. The van der Waals surface area contributed by atoms with Crippen molar-refractivity contribution in [3.8, 4) is 0 Å². The summed E-state index contributed by atoms with van der Waals surface area (Å²) in [5.74, 6) is 0. The number of aliphatic hydroxyl groups excluding tert-OH is 1. The van der Waals surface area contributed by atoms with E-state index in [0.717, 1.165) is 11.1 Å². The molecule has 0 heterocycles. The fraction of sp³-hybridized carbons (Fsp3) is 0.500. The SMILES string of the molecule is CC(C)(O)Cc1cccc(C(N)CO)c1. The highest BCUT2D eigenvalue weighted by Gasteiger charge is 2.14. The molecule has 0 aromatic heterocycles. The first-order valence-electron chi connectivity index (χ1n) is 5.10. The van der Waals surface area contributed by atoms with Crippen LogP contribution in [0.3, 0.4) is 0 Å².